The lowest BCUT2D eigenvalue weighted by Crippen LogP contribution is -2.34. The molecular formula is C40H40BN3O. The van der Waals surface area contributed by atoms with Crippen molar-refractivity contribution in [1.82, 2.24) is 14.8 Å². The summed E-state index contributed by atoms with van der Waals surface area (Å²) < 4.78 is 8.62. The second kappa shape index (κ2) is 11.8. The molecule has 0 spiro atoms. The van der Waals surface area contributed by atoms with Gasteiger partial charge in [-0.25, -0.2) is 9.67 Å². The number of nitrogens with zero attached hydrogens (tertiary/aromatic N) is 3. The SMILES string of the molecule is CC1(C)CB(C2=CCC(Cn3nc(-c4ccc(-c5ccccc5)cc4)nc3-c3ccc(-c4ccccc4)cc3)C=C2)OC1(C)C. The van der Waals surface area contributed by atoms with Crippen LogP contribution < -0.4 is 0 Å². The van der Waals surface area contributed by atoms with Gasteiger partial charge >= 0.3 is 6.92 Å². The molecule has 2 heterocycles. The first-order chi connectivity index (χ1) is 21.8. The van der Waals surface area contributed by atoms with Crippen LogP contribution in [0.25, 0.3) is 45.0 Å². The maximum Gasteiger partial charge on any atom is 0.327 e. The topological polar surface area (TPSA) is 39.9 Å². The molecule has 4 nitrogen and oxygen atoms in total. The number of aromatic nitrogens is 3. The maximum absolute atomic E-state index is 6.52. The van der Waals surface area contributed by atoms with E-state index in [0.29, 0.717) is 5.92 Å². The van der Waals surface area contributed by atoms with Gasteiger partial charge in [-0.15, -0.1) is 0 Å². The Hall–Kier alpha value is -4.48. The van der Waals surface area contributed by atoms with Crippen LogP contribution in [-0.4, -0.2) is 27.3 Å². The zero-order valence-corrected chi connectivity index (χ0v) is 26.7. The lowest BCUT2D eigenvalue weighted by Gasteiger charge is -2.34. The molecule has 1 aliphatic heterocycles. The van der Waals surface area contributed by atoms with E-state index < -0.39 is 0 Å². The summed E-state index contributed by atoms with van der Waals surface area (Å²) in [5.74, 6) is 1.97. The van der Waals surface area contributed by atoms with Gasteiger partial charge in [-0.2, -0.15) is 5.10 Å². The molecule has 4 aromatic carbocycles. The molecule has 1 aliphatic carbocycles. The maximum atomic E-state index is 6.52. The Labute approximate surface area is 267 Å². The van der Waals surface area contributed by atoms with Crippen molar-refractivity contribution in [3.63, 3.8) is 0 Å². The van der Waals surface area contributed by atoms with Crippen LogP contribution in [0.5, 0.6) is 0 Å². The minimum absolute atomic E-state index is 0.134. The van der Waals surface area contributed by atoms with Crippen LogP contribution in [0.2, 0.25) is 6.32 Å². The average Bonchev–Trinajstić information content (AvgIpc) is 3.58. The van der Waals surface area contributed by atoms with Crippen molar-refractivity contribution in [2.45, 2.75) is 52.6 Å². The molecule has 1 aromatic heterocycles. The van der Waals surface area contributed by atoms with Crippen molar-refractivity contribution < 1.29 is 4.65 Å². The zero-order chi connectivity index (χ0) is 31.0. The first kappa shape index (κ1) is 29.2. The predicted octanol–water partition coefficient (Wildman–Crippen LogP) is 9.81. The van der Waals surface area contributed by atoms with Crippen LogP contribution >= 0.6 is 0 Å². The number of hydrogen-bond donors (Lipinski definition) is 0. The fourth-order valence-corrected chi connectivity index (χ4v) is 6.42. The molecule has 1 saturated heterocycles. The Balaban J connectivity index is 1.16. The highest BCUT2D eigenvalue weighted by atomic mass is 16.5. The molecule has 0 radical (unpaired) electrons. The fraction of sp³-hybridized carbons (Fsp3) is 0.250. The molecule has 5 aromatic rings. The minimum atomic E-state index is -0.134. The first-order valence-electron chi connectivity index (χ1n) is 16.1. The molecule has 2 aliphatic rings. The predicted molar refractivity (Wildman–Crippen MR) is 187 cm³/mol. The zero-order valence-electron chi connectivity index (χ0n) is 26.7. The molecule has 1 fully saturated rings. The van der Waals surface area contributed by atoms with Gasteiger partial charge in [0.25, 0.3) is 0 Å². The molecule has 45 heavy (non-hydrogen) atoms. The summed E-state index contributed by atoms with van der Waals surface area (Å²) >= 11 is 0. The van der Waals surface area contributed by atoms with Gasteiger partial charge in [0.05, 0.1) is 5.60 Å². The van der Waals surface area contributed by atoms with Gasteiger partial charge in [-0.1, -0.05) is 147 Å². The van der Waals surface area contributed by atoms with Crippen LogP contribution in [0.1, 0.15) is 34.1 Å². The Kier molecular flexibility index (Phi) is 7.67. The van der Waals surface area contributed by atoms with Crippen LogP contribution in [0.15, 0.2) is 133 Å². The van der Waals surface area contributed by atoms with Gasteiger partial charge in [-0.05, 0) is 54.3 Å². The third-order valence-corrected chi connectivity index (χ3v) is 9.93. The van der Waals surface area contributed by atoms with E-state index in [1.165, 1.54) is 27.7 Å². The molecule has 1 unspecified atom stereocenters. The van der Waals surface area contributed by atoms with Crippen LogP contribution in [-0.2, 0) is 11.2 Å². The van der Waals surface area contributed by atoms with Crippen molar-refractivity contribution in [2.24, 2.45) is 11.3 Å². The minimum Gasteiger partial charge on any atom is -0.426 e. The van der Waals surface area contributed by atoms with E-state index in [4.69, 9.17) is 14.7 Å². The Morgan fingerprint density at radius 1 is 0.711 bits per heavy atom. The third-order valence-electron chi connectivity index (χ3n) is 9.93. The smallest absolute Gasteiger partial charge is 0.327 e. The molecule has 1 atom stereocenters. The summed E-state index contributed by atoms with van der Waals surface area (Å²) in [6, 6.07) is 38.2. The van der Waals surface area contributed by atoms with Crippen molar-refractivity contribution in [2.75, 3.05) is 0 Å². The summed E-state index contributed by atoms with van der Waals surface area (Å²) in [6.45, 7) is 9.97. The largest absolute Gasteiger partial charge is 0.426 e. The Bertz CT molecular complexity index is 1820. The number of rotatable bonds is 7. The second-order valence-electron chi connectivity index (χ2n) is 13.6. The summed E-state index contributed by atoms with van der Waals surface area (Å²) in [6.07, 6.45) is 9.00. The first-order valence-corrected chi connectivity index (χ1v) is 16.1. The van der Waals surface area contributed by atoms with Crippen molar-refractivity contribution >= 4 is 6.92 Å². The quantitative estimate of drug-likeness (QED) is 0.177. The summed E-state index contributed by atoms with van der Waals surface area (Å²) in [5.41, 5.74) is 8.17. The highest BCUT2D eigenvalue weighted by Crippen LogP contribution is 2.47. The summed E-state index contributed by atoms with van der Waals surface area (Å²) in [5, 5.41) is 5.09. The van der Waals surface area contributed by atoms with Gasteiger partial charge in [0.2, 0.25) is 0 Å². The van der Waals surface area contributed by atoms with Gasteiger partial charge < -0.3 is 4.65 Å². The fourth-order valence-electron chi connectivity index (χ4n) is 6.42. The number of benzene rings is 4. The molecule has 5 heteroatoms. The van der Waals surface area contributed by atoms with Crippen molar-refractivity contribution in [3.8, 4) is 45.0 Å². The lowest BCUT2D eigenvalue weighted by atomic mass is 9.52. The van der Waals surface area contributed by atoms with Gasteiger partial charge in [0.15, 0.2) is 11.6 Å². The van der Waals surface area contributed by atoms with Gasteiger partial charge in [0, 0.05) is 23.6 Å². The van der Waals surface area contributed by atoms with E-state index in [1.54, 1.807) is 0 Å². The highest BCUT2D eigenvalue weighted by Gasteiger charge is 2.50. The van der Waals surface area contributed by atoms with E-state index in [0.717, 1.165) is 42.1 Å². The number of hydrogen-bond acceptors (Lipinski definition) is 3. The third kappa shape index (κ3) is 5.97. The second-order valence-corrected chi connectivity index (χ2v) is 13.6. The van der Waals surface area contributed by atoms with Crippen molar-refractivity contribution in [3.05, 3.63) is 133 Å². The molecule has 0 saturated carbocycles. The number of allylic oxidation sites excluding steroid dienone is 4. The van der Waals surface area contributed by atoms with Crippen LogP contribution in [0.3, 0.4) is 0 Å². The van der Waals surface area contributed by atoms with E-state index in [2.05, 4.69) is 154 Å². The van der Waals surface area contributed by atoms with E-state index >= 15 is 0 Å². The average molecular weight is 590 g/mol. The normalized spacial score (nSPS) is 18.6. The molecule has 0 N–H and O–H groups in total. The molecular weight excluding hydrogens is 549 g/mol. The monoisotopic (exact) mass is 589 g/mol. The summed E-state index contributed by atoms with van der Waals surface area (Å²) in [4.78, 5) is 5.12. The van der Waals surface area contributed by atoms with Crippen LogP contribution in [0, 0.1) is 11.3 Å². The summed E-state index contributed by atoms with van der Waals surface area (Å²) in [7, 11) is 0. The van der Waals surface area contributed by atoms with Crippen LogP contribution in [0.4, 0.5) is 0 Å². The van der Waals surface area contributed by atoms with E-state index in [9.17, 15) is 0 Å². The molecule has 7 rings (SSSR count). The van der Waals surface area contributed by atoms with Crippen molar-refractivity contribution in [1.29, 1.82) is 0 Å². The van der Waals surface area contributed by atoms with E-state index in [-0.39, 0.29) is 17.9 Å². The molecule has 0 amide bonds. The Morgan fingerprint density at radius 2 is 1.24 bits per heavy atom. The van der Waals surface area contributed by atoms with Gasteiger partial charge in [0.1, 0.15) is 0 Å². The molecule has 224 valence electrons. The highest BCUT2D eigenvalue weighted by molar-refractivity contribution is 6.62. The standard InChI is InChI=1S/C40H40BN3O/c1-39(2)28-41(45-40(39,3)4)36-25-15-29(16-26-36)27-44-38(35-23-19-33(20-24-35)31-13-9-6-10-14-31)42-37(43-44)34-21-17-32(18-22-34)30-11-7-5-8-12-30/h5-15,17-26,29H,16,27-28H2,1-4H3. The van der Waals surface area contributed by atoms with Gasteiger partial charge in [-0.3, -0.25) is 0 Å². The lowest BCUT2D eigenvalue weighted by molar-refractivity contribution is 0.0371. The Morgan fingerprint density at radius 3 is 1.76 bits per heavy atom. The molecule has 0 bridgehead atoms. The van der Waals surface area contributed by atoms with E-state index in [1.807, 2.05) is 6.07 Å².